The van der Waals surface area contributed by atoms with Gasteiger partial charge in [-0.3, -0.25) is 0 Å². The summed E-state index contributed by atoms with van der Waals surface area (Å²) < 4.78 is 1.07. The molecule has 0 saturated carbocycles. The molecule has 21 heavy (non-hydrogen) atoms. The molecule has 2 aromatic rings. The highest BCUT2D eigenvalue weighted by Gasteiger charge is 2.03. The molecule has 1 N–H and O–H groups in total. The van der Waals surface area contributed by atoms with Gasteiger partial charge in [-0.05, 0) is 42.8 Å². The van der Waals surface area contributed by atoms with Crippen LogP contribution in [-0.2, 0) is 0 Å². The Kier molecular flexibility index (Phi) is 5.59. The highest BCUT2D eigenvalue weighted by molar-refractivity contribution is 9.10. The second-order valence-corrected chi connectivity index (χ2v) is 5.50. The molecule has 2 aromatic carbocycles. The Balaban J connectivity index is 2.24. The molecular formula is C19H18BrN. The average molecular weight is 340 g/mol. The van der Waals surface area contributed by atoms with E-state index < -0.39 is 0 Å². The van der Waals surface area contributed by atoms with Gasteiger partial charge in [0, 0.05) is 21.4 Å². The van der Waals surface area contributed by atoms with E-state index in [2.05, 4.69) is 40.0 Å². The SMILES string of the molecule is C=C(/C=C\C=C/C)c1ccccc1Nc1ccc(Br)cc1. The third kappa shape index (κ3) is 4.47. The van der Waals surface area contributed by atoms with E-state index in [0.29, 0.717) is 0 Å². The van der Waals surface area contributed by atoms with Crippen LogP contribution in [-0.4, -0.2) is 0 Å². The Bertz CT molecular complexity index is 666. The zero-order valence-electron chi connectivity index (χ0n) is 12.0. The monoisotopic (exact) mass is 339 g/mol. The lowest BCUT2D eigenvalue weighted by Crippen LogP contribution is -1.94. The quantitative estimate of drug-likeness (QED) is 0.626. The van der Waals surface area contributed by atoms with Gasteiger partial charge < -0.3 is 5.32 Å². The second-order valence-electron chi connectivity index (χ2n) is 4.59. The smallest absolute Gasteiger partial charge is 0.0463 e. The molecule has 0 heterocycles. The molecule has 2 heteroatoms. The van der Waals surface area contributed by atoms with Crippen molar-refractivity contribution < 1.29 is 0 Å². The molecule has 0 atom stereocenters. The second kappa shape index (κ2) is 7.65. The van der Waals surface area contributed by atoms with Crippen molar-refractivity contribution in [1.29, 1.82) is 0 Å². The standard InChI is InChI=1S/C19H18BrN/c1-3-4-5-8-15(2)18-9-6-7-10-19(18)21-17-13-11-16(20)12-14-17/h3-14,21H,2H2,1H3/b4-3-,8-5-. The molecule has 0 saturated heterocycles. The molecule has 0 aromatic heterocycles. The van der Waals surface area contributed by atoms with Crippen LogP contribution in [0.15, 0.2) is 83.9 Å². The summed E-state index contributed by atoms with van der Waals surface area (Å²) in [4.78, 5) is 0. The summed E-state index contributed by atoms with van der Waals surface area (Å²) in [5.74, 6) is 0. The van der Waals surface area contributed by atoms with Crippen LogP contribution in [0.4, 0.5) is 11.4 Å². The molecule has 1 nitrogen and oxygen atoms in total. The van der Waals surface area contributed by atoms with Gasteiger partial charge in [-0.2, -0.15) is 0 Å². The number of hydrogen-bond acceptors (Lipinski definition) is 1. The summed E-state index contributed by atoms with van der Waals surface area (Å²) in [6.07, 6.45) is 8.01. The van der Waals surface area contributed by atoms with Crippen molar-refractivity contribution in [3.05, 3.63) is 89.5 Å². The third-order valence-electron chi connectivity index (χ3n) is 3.00. The molecule has 0 aliphatic rings. The van der Waals surface area contributed by atoms with Gasteiger partial charge in [0.15, 0.2) is 0 Å². The number of para-hydroxylation sites is 1. The lowest BCUT2D eigenvalue weighted by molar-refractivity contribution is 1.51. The van der Waals surface area contributed by atoms with Crippen LogP contribution in [0.25, 0.3) is 5.57 Å². The molecule has 0 unspecified atom stereocenters. The first kappa shape index (κ1) is 15.3. The van der Waals surface area contributed by atoms with Crippen LogP contribution in [0.5, 0.6) is 0 Å². The first-order valence-corrected chi connectivity index (χ1v) is 7.60. The van der Waals surface area contributed by atoms with Crippen LogP contribution in [0.3, 0.4) is 0 Å². The molecule has 0 amide bonds. The van der Waals surface area contributed by atoms with Gasteiger partial charge in [-0.1, -0.05) is 65.0 Å². The Labute approximate surface area is 134 Å². The molecule has 0 fully saturated rings. The Morgan fingerprint density at radius 3 is 2.48 bits per heavy atom. The molecule has 2 rings (SSSR count). The lowest BCUT2D eigenvalue weighted by atomic mass is 10.0. The van der Waals surface area contributed by atoms with E-state index in [9.17, 15) is 0 Å². The minimum Gasteiger partial charge on any atom is -0.355 e. The van der Waals surface area contributed by atoms with E-state index in [1.807, 2.05) is 67.6 Å². The summed E-state index contributed by atoms with van der Waals surface area (Å²) >= 11 is 3.45. The van der Waals surface area contributed by atoms with Crippen LogP contribution >= 0.6 is 15.9 Å². The number of benzene rings is 2. The number of nitrogens with one attached hydrogen (secondary N) is 1. The summed E-state index contributed by atoms with van der Waals surface area (Å²) in [5, 5.41) is 3.44. The van der Waals surface area contributed by atoms with Crippen LogP contribution in [0.1, 0.15) is 12.5 Å². The van der Waals surface area contributed by atoms with Crippen molar-refractivity contribution in [1.82, 2.24) is 0 Å². The highest BCUT2D eigenvalue weighted by Crippen LogP contribution is 2.27. The predicted octanol–water partition coefficient (Wildman–Crippen LogP) is 6.34. The molecule has 0 spiro atoms. The minimum atomic E-state index is 0.980. The van der Waals surface area contributed by atoms with Crippen LogP contribution in [0.2, 0.25) is 0 Å². The maximum Gasteiger partial charge on any atom is 0.0463 e. The number of rotatable bonds is 5. The summed E-state index contributed by atoms with van der Waals surface area (Å²) in [5.41, 5.74) is 4.18. The zero-order chi connectivity index (χ0) is 15.1. The summed E-state index contributed by atoms with van der Waals surface area (Å²) in [6, 6.07) is 16.3. The van der Waals surface area contributed by atoms with Crippen LogP contribution < -0.4 is 5.32 Å². The molecular weight excluding hydrogens is 322 g/mol. The molecule has 0 bridgehead atoms. The summed E-state index contributed by atoms with van der Waals surface area (Å²) in [7, 11) is 0. The molecule has 106 valence electrons. The van der Waals surface area contributed by atoms with Crippen molar-refractivity contribution in [2.24, 2.45) is 0 Å². The largest absolute Gasteiger partial charge is 0.355 e. The normalized spacial score (nSPS) is 11.1. The van der Waals surface area contributed by atoms with E-state index in [0.717, 1.165) is 27.0 Å². The Hall–Kier alpha value is -2.06. The van der Waals surface area contributed by atoms with Crippen molar-refractivity contribution in [3.63, 3.8) is 0 Å². The minimum absolute atomic E-state index is 0.980. The van der Waals surface area contributed by atoms with Crippen LogP contribution in [0, 0.1) is 0 Å². The predicted molar refractivity (Wildman–Crippen MR) is 96.9 cm³/mol. The average Bonchev–Trinajstić information content (AvgIpc) is 2.50. The number of halogens is 1. The molecule has 0 aliphatic heterocycles. The first-order chi connectivity index (χ1) is 10.2. The van der Waals surface area contributed by atoms with Gasteiger partial charge in [0.05, 0.1) is 0 Å². The maximum absolute atomic E-state index is 4.14. The number of allylic oxidation sites excluding steroid dienone is 5. The van der Waals surface area contributed by atoms with E-state index in [1.165, 1.54) is 0 Å². The van der Waals surface area contributed by atoms with Crippen molar-refractivity contribution in [2.45, 2.75) is 6.92 Å². The maximum atomic E-state index is 4.14. The van der Waals surface area contributed by atoms with Crippen molar-refractivity contribution in [2.75, 3.05) is 5.32 Å². The van der Waals surface area contributed by atoms with E-state index in [4.69, 9.17) is 0 Å². The van der Waals surface area contributed by atoms with Gasteiger partial charge >= 0.3 is 0 Å². The van der Waals surface area contributed by atoms with Gasteiger partial charge in [0.1, 0.15) is 0 Å². The van der Waals surface area contributed by atoms with E-state index in [1.54, 1.807) is 0 Å². The van der Waals surface area contributed by atoms with Crippen molar-refractivity contribution in [3.8, 4) is 0 Å². The molecule has 0 radical (unpaired) electrons. The van der Waals surface area contributed by atoms with Gasteiger partial charge in [0.2, 0.25) is 0 Å². The fourth-order valence-corrected chi connectivity index (χ4v) is 2.20. The fraction of sp³-hybridized carbons (Fsp3) is 0.0526. The first-order valence-electron chi connectivity index (χ1n) is 6.81. The fourth-order valence-electron chi connectivity index (χ4n) is 1.93. The highest BCUT2D eigenvalue weighted by atomic mass is 79.9. The van der Waals surface area contributed by atoms with Crippen molar-refractivity contribution >= 4 is 32.9 Å². The van der Waals surface area contributed by atoms with E-state index in [-0.39, 0.29) is 0 Å². The van der Waals surface area contributed by atoms with E-state index >= 15 is 0 Å². The zero-order valence-corrected chi connectivity index (χ0v) is 13.6. The van der Waals surface area contributed by atoms with Gasteiger partial charge in [-0.25, -0.2) is 0 Å². The summed E-state index contributed by atoms with van der Waals surface area (Å²) in [6.45, 7) is 6.14. The lowest BCUT2D eigenvalue weighted by Gasteiger charge is -2.12. The van der Waals surface area contributed by atoms with Gasteiger partial charge in [-0.15, -0.1) is 0 Å². The Morgan fingerprint density at radius 2 is 1.76 bits per heavy atom. The topological polar surface area (TPSA) is 12.0 Å². The third-order valence-corrected chi connectivity index (χ3v) is 3.53. The number of anilines is 2. The molecule has 0 aliphatic carbocycles. The number of hydrogen-bond donors (Lipinski definition) is 1. The van der Waals surface area contributed by atoms with Gasteiger partial charge in [0.25, 0.3) is 0 Å². The Morgan fingerprint density at radius 1 is 1.05 bits per heavy atom.